The molecule has 0 radical (unpaired) electrons. The van der Waals surface area contributed by atoms with E-state index in [-0.39, 0.29) is 6.42 Å². The lowest BCUT2D eigenvalue weighted by Crippen LogP contribution is -2.34. The highest BCUT2D eigenvalue weighted by Gasteiger charge is 2.36. The molecule has 0 aliphatic carbocycles. The fourth-order valence-corrected chi connectivity index (χ4v) is 4.41. The number of carboxylic acid groups (broad SMARTS) is 2. The highest BCUT2D eigenvalue weighted by atomic mass is 127. The minimum Gasteiger partial charge on any atom is -0.481 e. The maximum absolute atomic E-state index is 11.9. The molecule has 0 rings (SSSR count). The van der Waals surface area contributed by atoms with Crippen LogP contribution >= 0.6 is 22.6 Å². The standard InChI is InChI=1S/C20H37IO4/c1-3-5-9-13-17(12-4-2)16-20(21,19(24)25)15-11-8-6-7-10-14-18(22)23/h17H,3-16H2,1-2H3,(H,22,23)(H,24,25). The van der Waals surface area contributed by atoms with Crippen molar-refractivity contribution in [3.63, 3.8) is 0 Å². The van der Waals surface area contributed by atoms with Crippen LogP contribution in [0.2, 0.25) is 0 Å². The van der Waals surface area contributed by atoms with Crippen LogP contribution in [0.15, 0.2) is 0 Å². The first-order chi connectivity index (χ1) is 11.9. The molecule has 0 heterocycles. The molecule has 0 aliphatic rings. The Bertz CT molecular complexity index is 373. The average Bonchev–Trinajstić information content (AvgIpc) is 2.54. The predicted octanol–water partition coefficient (Wildman–Crippen LogP) is 6.45. The van der Waals surface area contributed by atoms with E-state index in [1.165, 1.54) is 19.3 Å². The second-order valence-corrected chi connectivity index (χ2v) is 9.35. The number of carboxylic acids is 2. The van der Waals surface area contributed by atoms with Crippen LogP contribution in [0.4, 0.5) is 0 Å². The van der Waals surface area contributed by atoms with Crippen LogP contribution < -0.4 is 0 Å². The lowest BCUT2D eigenvalue weighted by Gasteiger charge is -2.28. The quantitative estimate of drug-likeness (QED) is 0.146. The Balaban J connectivity index is 4.30. The van der Waals surface area contributed by atoms with E-state index >= 15 is 0 Å². The van der Waals surface area contributed by atoms with Gasteiger partial charge in [0.15, 0.2) is 0 Å². The van der Waals surface area contributed by atoms with Gasteiger partial charge >= 0.3 is 11.9 Å². The van der Waals surface area contributed by atoms with Gasteiger partial charge in [0.2, 0.25) is 0 Å². The molecule has 0 bridgehead atoms. The molecule has 25 heavy (non-hydrogen) atoms. The minimum absolute atomic E-state index is 0.238. The maximum Gasteiger partial charge on any atom is 0.319 e. The van der Waals surface area contributed by atoms with E-state index in [4.69, 9.17) is 5.11 Å². The fourth-order valence-electron chi connectivity index (χ4n) is 3.41. The molecule has 0 aromatic carbocycles. The molecule has 0 amide bonds. The van der Waals surface area contributed by atoms with Gasteiger partial charge in [0.1, 0.15) is 3.42 Å². The van der Waals surface area contributed by atoms with Crippen molar-refractivity contribution in [2.75, 3.05) is 0 Å². The molecule has 0 aromatic rings. The largest absolute Gasteiger partial charge is 0.481 e. The number of rotatable bonds is 17. The molecule has 4 nitrogen and oxygen atoms in total. The number of aliphatic carboxylic acids is 2. The number of unbranched alkanes of at least 4 members (excludes halogenated alkanes) is 6. The summed E-state index contributed by atoms with van der Waals surface area (Å²) in [5.41, 5.74) is 0. The summed E-state index contributed by atoms with van der Waals surface area (Å²) in [5, 5.41) is 18.4. The van der Waals surface area contributed by atoms with E-state index in [0.29, 0.717) is 5.92 Å². The van der Waals surface area contributed by atoms with E-state index in [9.17, 15) is 14.7 Å². The second-order valence-electron chi connectivity index (χ2n) is 7.29. The van der Waals surface area contributed by atoms with E-state index in [0.717, 1.165) is 64.2 Å². The van der Waals surface area contributed by atoms with Gasteiger partial charge in [-0.05, 0) is 25.2 Å². The van der Waals surface area contributed by atoms with Crippen LogP contribution in [0.5, 0.6) is 0 Å². The van der Waals surface area contributed by atoms with Crippen LogP contribution in [-0.2, 0) is 9.59 Å². The molecule has 2 N–H and O–H groups in total. The van der Waals surface area contributed by atoms with Gasteiger partial charge in [-0.1, -0.05) is 101 Å². The van der Waals surface area contributed by atoms with Crippen molar-refractivity contribution in [3.05, 3.63) is 0 Å². The third-order valence-corrected chi connectivity index (χ3v) is 6.31. The van der Waals surface area contributed by atoms with E-state index in [2.05, 4.69) is 36.4 Å². The first-order valence-electron chi connectivity index (χ1n) is 9.99. The van der Waals surface area contributed by atoms with Crippen LogP contribution in [0, 0.1) is 5.92 Å². The number of hydrogen-bond donors (Lipinski definition) is 2. The Hall–Kier alpha value is -0.330. The summed E-state index contributed by atoms with van der Waals surface area (Å²) in [5.74, 6) is -0.891. The predicted molar refractivity (Wildman–Crippen MR) is 111 cm³/mol. The van der Waals surface area contributed by atoms with Crippen molar-refractivity contribution < 1.29 is 19.8 Å². The monoisotopic (exact) mass is 468 g/mol. The zero-order valence-corrected chi connectivity index (χ0v) is 18.2. The smallest absolute Gasteiger partial charge is 0.319 e. The fraction of sp³-hybridized carbons (Fsp3) is 0.900. The maximum atomic E-state index is 11.9. The number of alkyl halides is 1. The van der Waals surface area contributed by atoms with Crippen molar-refractivity contribution in [1.29, 1.82) is 0 Å². The number of carbonyl (C=O) groups is 2. The summed E-state index contributed by atoms with van der Waals surface area (Å²) in [6, 6.07) is 0. The molecule has 0 fully saturated rings. The topological polar surface area (TPSA) is 74.6 Å². The average molecular weight is 468 g/mol. The molecular weight excluding hydrogens is 431 g/mol. The van der Waals surface area contributed by atoms with Gasteiger partial charge in [0.05, 0.1) is 0 Å². The summed E-state index contributed by atoms with van der Waals surface area (Å²) in [6.07, 6.45) is 13.3. The summed E-state index contributed by atoms with van der Waals surface area (Å²) < 4.78 is -0.648. The number of hydrogen-bond acceptors (Lipinski definition) is 2. The van der Waals surface area contributed by atoms with Crippen molar-refractivity contribution in [2.45, 2.75) is 107 Å². The molecule has 5 heteroatoms. The van der Waals surface area contributed by atoms with Crippen molar-refractivity contribution in [1.82, 2.24) is 0 Å². The third-order valence-electron chi connectivity index (χ3n) is 4.87. The summed E-state index contributed by atoms with van der Waals surface area (Å²) >= 11 is 2.18. The zero-order chi connectivity index (χ0) is 19.1. The van der Waals surface area contributed by atoms with Crippen molar-refractivity contribution in [3.8, 4) is 0 Å². The molecular formula is C20H37IO4. The van der Waals surface area contributed by atoms with E-state index < -0.39 is 15.4 Å². The Morgan fingerprint density at radius 2 is 1.52 bits per heavy atom. The van der Waals surface area contributed by atoms with Gasteiger partial charge in [-0.15, -0.1) is 0 Å². The molecule has 148 valence electrons. The summed E-state index contributed by atoms with van der Waals surface area (Å²) in [4.78, 5) is 22.3. The van der Waals surface area contributed by atoms with Gasteiger partial charge in [0.25, 0.3) is 0 Å². The Morgan fingerprint density at radius 1 is 0.880 bits per heavy atom. The van der Waals surface area contributed by atoms with E-state index in [1.54, 1.807) is 0 Å². The molecule has 2 atom stereocenters. The van der Waals surface area contributed by atoms with Crippen LogP contribution in [0.1, 0.15) is 104 Å². The van der Waals surface area contributed by atoms with Gasteiger partial charge in [-0.25, -0.2) is 0 Å². The van der Waals surface area contributed by atoms with Crippen LogP contribution in [0.3, 0.4) is 0 Å². The molecule has 0 aliphatic heterocycles. The second kappa shape index (κ2) is 14.8. The van der Waals surface area contributed by atoms with Crippen molar-refractivity contribution in [2.24, 2.45) is 5.92 Å². The lowest BCUT2D eigenvalue weighted by atomic mass is 9.84. The van der Waals surface area contributed by atoms with Gasteiger partial charge in [0, 0.05) is 6.42 Å². The summed E-state index contributed by atoms with van der Waals surface area (Å²) in [7, 11) is 0. The molecule has 0 aromatic heterocycles. The Kier molecular flexibility index (Phi) is 14.6. The highest BCUT2D eigenvalue weighted by molar-refractivity contribution is 14.1. The SMILES string of the molecule is CCCCCC(CCC)CC(I)(CCCCCCCC(=O)O)C(=O)O. The number of halogens is 1. The van der Waals surface area contributed by atoms with Gasteiger partial charge < -0.3 is 10.2 Å². The molecule has 0 saturated heterocycles. The normalized spacial score (nSPS) is 14.8. The van der Waals surface area contributed by atoms with Crippen LogP contribution in [-0.4, -0.2) is 25.6 Å². The molecule has 0 spiro atoms. The Morgan fingerprint density at radius 3 is 2.08 bits per heavy atom. The third kappa shape index (κ3) is 12.6. The van der Waals surface area contributed by atoms with Gasteiger partial charge in [-0.3, -0.25) is 9.59 Å². The van der Waals surface area contributed by atoms with Crippen LogP contribution in [0.25, 0.3) is 0 Å². The molecule has 0 saturated carbocycles. The highest BCUT2D eigenvalue weighted by Crippen LogP contribution is 2.37. The lowest BCUT2D eigenvalue weighted by molar-refractivity contribution is -0.140. The molecule has 2 unspecified atom stereocenters. The zero-order valence-electron chi connectivity index (χ0n) is 16.1. The summed E-state index contributed by atoms with van der Waals surface area (Å²) in [6.45, 7) is 4.38. The first kappa shape index (κ1) is 24.7. The minimum atomic E-state index is -0.734. The van der Waals surface area contributed by atoms with Crippen molar-refractivity contribution >= 4 is 34.5 Å². The first-order valence-corrected chi connectivity index (χ1v) is 11.1. The Labute approximate surface area is 167 Å². The van der Waals surface area contributed by atoms with Gasteiger partial charge in [-0.2, -0.15) is 0 Å². The van der Waals surface area contributed by atoms with E-state index in [1.807, 2.05) is 0 Å².